The number of amides is 1. The predicted octanol–water partition coefficient (Wildman–Crippen LogP) is 2.04. The van der Waals surface area contributed by atoms with E-state index in [0.29, 0.717) is 6.42 Å². The zero-order valence-corrected chi connectivity index (χ0v) is 17.3. The molecular weight excluding hydrogens is 356 g/mol. The van der Waals surface area contributed by atoms with Crippen molar-refractivity contribution in [1.82, 2.24) is 15.1 Å². The van der Waals surface area contributed by atoms with Gasteiger partial charge in [-0.3, -0.25) is 9.79 Å². The topological polar surface area (TPSA) is 66.4 Å². The molecule has 0 aromatic heterocycles. The van der Waals surface area contributed by atoms with Gasteiger partial charge in [-0.1, -0.05) is 0 Å². The second-order valence-electron chi connectivity index (χ2n) is 7.22. The number of carbonyl (C=O) groups excluding carboxylic acids is 1. The minimum absolute atomic E-state index is 0.285. The lowest BCUT2D eigenvalue weighted by Crippen LogP contribution is -2.44. The first-order valence-corrected chi connectivity index (χ1v) is 10.2. The summed E-state index contributed by atoms with van der Waals surface area (Å²) in [4.78, 5) is 20.8. The third-order valence-corrected chi connectivity index (χ3v) is 5.37. The number of guanidine groups is 1. The van der Waals surface area contributed by atoms with E-state index in [-0.39, 0.29) is 5.91 Å². The predicted molar refractivity (Wildman–Crippen MR) is 110 cm³/mol. The molecule has 2 aliphatic heterocycles. The van der Waals surface area contributed by atoms with Gasteiger partial charge in [-0.15, -0.1) is 0 Å². The van der Waals surface area contributed by atoms with Gasteiger partial charge in [0.2, 0.25) is 5.91 Å². The Morgan fingerprint density at radius 1 is 1.14 bits per heavy atom. The molecule has 0 spiro atoms. The van der Waals surface area contributed by atoms with Crippen molar-refractivity contribution in [1.29, 1.82) is 0 Å². The number of ether oxygens (including phenoxy) is 2. The molecule has 0 unspecified atom stereocenters. The summed E-state index contributed by atoms with van der Waals surface area (Å²) in [7, 11) is 3.34. The van der Waals surface area contributed by atoms with Gasteiger partial charge in [0.05, 0.1) is 14.2 Å². The van der Waals surface area contributed by atoms with Crippen molar-refractivity contribution in [3.63, 3.8) is 0 Å². The first-order chi connectivity index (χ1) is 13.7. The Hall–Kier alpha value is -2.44. The number of nitrogens with one attached hydrogen (secondary N) is 1. The van der Waals surface area contributed by atoms with E-state index in [2.05, 4.69) is 29.3 Å². The maximum atomic E-state index is 11.7. The third-order valence-electron chi connectivity index (χ3n) is 5.37. The van der Waals surface area contributed by atoms with E-state index < -0.39 is 0 Å². The first kappa shape index (κ1) is 20.3. The van der Waals surface area contributed by atoms with Crippen molar-refractivity contribution in [2.24, 2.45) is 4.99 Å². The molecule has 154 valence electrons. The van der Waals surface area contributed by atoms with Crippen LogP contribution in [0.4, 0.5) is 0 Å². The molecule has 1 fully saturated rings. The SMILES string of the molecule is CCNC(=NCCCN1CCCC1=O)N1CCc2cc(OC)c(OC)cc2C1. The van der Waals surface area contributed by atoms with Gasteiger partial charge in [0.15, 0.2) is 17.5 Å². The summed E-state index contributed by atoms with van der Waals surface area (Å²) in [5.74, 6) is 2.77. The van der Waals surface area contributed by atoms with E-state index in [4.69, 9.17) is 14.5 Å². The summed E-state index contributed by atoms with van der Waals surface area (Å²) in [6.45, 7) is 7.06. The van der Waals surface area contributed by atoms with Gasteiger partial charge in [-0.2, -0.15) is 0 Å². The summed E-state index contributed by atoms with van der Waals surface area (Å²) in [6, 6.07) is 4.16. The lowest BCUT2D eigenvalue weighted by Gasteiger charge is -2.32. The van der Waals surface area contributed by atoms with E-state index >= 15 is 0 Å². The Balaban J connectivity index is 1.63. The van der Waals surface area contributed by atoms with Crippen LogP contribution < -0.4 is 14.8 Å². The van der Waals surface area contributed by atoms with Crippen LogP contribution in [-0.2, 0) is 17.8 Å². The molecule has 7 heteroatoms. The molecule has 1 N–H and O–H groups in total. The second-order valence-corrected chi connectivity index (χ2v) is 7.22. The zero-order valence-electron chi connectivity index (χ0n) is 17.3. The zero-order chi connectivity index (χ0) is 19.9. The molecule has 2 heterocycles. The Bertz CT molecular complexity index is 720. The second kappa shape index (κ2) is 9.66. The maximum absolute atomic E-state index is 11.7. The largest absolute Gasteiger partial charge is 0.493 e. The third kappa shape index (κ3) is 4.69. The Kier molecular flexibility index (Phi) is 7.01. The van der Waals surface area contributed by atoms with E-state index in [9.17, 15) is 4.79 Å². The highest BCUT2D eigenvalue weighted by atomic mass is 16.5. The van der Waals surface area contributed by atoms with Crippen LogP contribution in [0.3, 0.4) is 0 Å². The fourth-order valence-electron chi connectivity index (χ4n) is 3.88. The van der Waals surface area contributed by atoms with E-state index in [1.807, 2.05) is 4.90 Å². The highest BCUT2D eigenvalue weighted by molar-refractivity contribution is 5.80. The van der Waals surface area contributed by atoms with Gasteiger partial charge in [0.1, 0.15) is 0 Å². The molecule has 2 aliphatic rings. The standard InChI is InChI=1S/C21H32N4O3/c1-4-22-21(23-9-6-11-24-10-5-7-20(24)26)25-12-8-16-13-18(27-2)19(28-3)14-17(16)15-25/h13-14H,4-12,15H2,1-3H3,(H,22,23). The lowest BCUT2D eigenvalue weighted by atomic mass is 9.99. The number of fused-ring (bicyclic) bond motifs is 1. The van der Waals surface area contributed by atoms with Crippen molar-refractivity contribution >= 4 is 11.9 Å². The van der Waals surface area contributed by atoms with E-state index in [0.717, 1.165) is 76.0 Å². The number of benzene rings is 1. The van der Waals surface area contributed by atoms with Gasteiger partial charge < -0.3 is 24.6 Å². The molecule has 0 radical (unpaired) electrons. The number of hydrogen-bond donors (Lipinski definition) is 1. The summed E-state index contributed by atoms with van der Waals surface area (Å²) in [6.07, 6.45) is 3.54. The summed E-state index contributed by atoms with van der Waals surface area (Å²) < 4.78 is 10.9. The van der Waals surface area contributed by atoms with Gasteiger partial charge in [0.25, 0.3) is 0 Å². The Morgan fingerprint density at radius 2 is 1.89 bits per heavy atom. The molecule has 1 aromatic carbocycles. The minimum Gasteiger partial charge on any atom is -0.493 e. The van der Waals surface area contributed by atoms with Gasteiger partial charge in [-0.05, 0) is 49.4 Å². The average molecular weight is 389 g/mol. The molecule has 0 bridgehead atoms. The maximum Gasteiger partial charge on any atom is 0.222 e. The molecule has 28 heavy (non-hydrogen) atoms. The molecular formula is C21H32N4O3. The normalized spacial score (nSPS) is 17.0. The van der Waals surface area contributed by atoms with Crippen molar-refractivity contribution in [2.75, 3.05) is 46.9 Å². The highest BCUT2D eigenvalue weighted by Gasteiger charge is 2.22. The fraction of sp³-hybridized carbons (Fsp3) is 0.619. The molecule has 1 saturated heterocycles. The van der Waals surface area contributed by atoms with Gasteiger partial charge in [-0.25, -0.2) is 0 Å². The van der Waals surface area contributed by atoms with Crippen LogP contribution in [0.5, 0.6) is 11.5 Å². The summed E-state index contributed by atoms with van der Waals surface area (Å²) in [5.41, 5.74) is 2.55. The molecule has 1 amide bonds. The fourth-order valence-corrected chi connectivity index (χ4v) is 3.88. The lowest BCUT2D eigenvalue weighted by molar-refractivity contribution is -0.127. The smallest absolute Gasteiger partial charge is 0.222 e. The van der Waals surface area contributed by atoms with Crippen LogP contribution in [0.2, 0.25) is 0 Å². The molecule has 0 aliphatic carbocycles. The first-order valence-electron chi connectivity index (χ1n) is 10.2. The molecule has 0 atom stereocenters. The van der Waals surface area contributed by atoms with Crippen LogP contribution in [0.1, 0.15) is 37.3 Å². The number of carbonyl (C=O) groups is 1. The van der Waals surface area contributed by atoms with E-state index in [1.54, 1.807) is 14.2 Å². The number of nitrogens with zero attached hydrogens (tertiary/aromatic N) is 3. The number of hydrogen-bond acceptors (Lipinski definition) is 4. The quantitative estimate of drug-likeness (QED) is 0.440. The number of rotatable bonds is 7. The van der Waals surface area contributed by atoms with Crippen molar-refractivity contribution in [2.45, 2.75) is 39.2 Å². The van der Waals surface area contributed by atoms with Gasteiger partial charge >= 0.3 is 0 Å². The monoisotopic (exact) mass is 388 g/mol. The van der Waals surface area contributed by atoms with Crippen LogP contribution >= 0.6 is 0 Å². The molecule has 1 aromatic rings. The van der Waals surface area contributed by atoms with Crippen LogP contribution in [0.25, 0.3) is 0 Å². The van der Waals surface area contributed by atoms with Crippen LogP contribution in [0.15, 0.2) is 17.1 Å². The molecule has 3 rings (SSSR count). The highest BCUT2D eigenvalue weighted by Crippen LogP contribution is 2.33. The Morgan fingerprint density at radius 3 is 2.54 bits per heavy atom. The average Bonchev–Trinajstić information content (AvgIpc) is 3.13. The van der Waals surface area contributed by atoms with Gasteiger partial charge in [0, 0.05) is 45.7 Å². The summed E-state index contributed by atoms with van der Waals surface area (Å²) >= 11 is 0. The number of aliphatic imine (C=N–C) groups is 1. The number of likely N-dealkylation sites (tertiary alicyclic amines) is 1. The van der Waals surface area contributed by atoms with Crippen molar-refractivity contribution in [3.8, 4) is 11.5 Å². The summed E-state index contributed by atoms with van der Waals surface area (Å²) in [5, 5.41) is 3.41. The molecule has 0 saturated carbocycles. The van der Waals surface area contributed by atoms with E-state index in [1.165, 1.54) is 11.1 Å². The Labute approximate surface area is 167 Å². The van der Waals surface area contributed by atoms with Crippen molar-refractivity contribution < 1.29 is 14.3 Å². The molecule has 7 nitrogen and oxygen atoms in total. The van der Waals surface area contributed by atoms with Crippen LogP contribution in [-0.4, -0.2) is 68.6 Å². The van der Waals surface area contributed by atoms with Crippen molar-refractivity contribution in [3.05, 3.63) is 23.3 Å². The minimum atomic E-state index is 0.285. The number of methoxy groups -OCH3 is 2. The van der Waals surface area contributed by atoms with Crippen LogP contribution in [0, 0.1) is 0 Å².